The van der Waals surface area contributed by atoms with Crippen LogP contribution in [0.3, 0.4) is 0 Å². The number of rotatable bonds is 3. The van der Waals surface area contributed by atoms with Crippen LogP contribution in [-0.2, 0) is 10.0 Å². The largest absolute Gasteiger partial charge is 0.398 e. The van der Waals surface area contributed by atoms with E-state index in [0.717, 1.165) is 5.82 Å². The Morgan fingerprint density at radius 2 is 1.95 bits per heavy atom. The zero-order valence-corrected chi connectivity index (χ0v) is 13.0. The molecule has 1 aliphatic heterocycles. The molecule has 0 atom stereocenters. The van der Waals surface area contributed by atoms with Crippen LogP contribution in [0.4, 0.5) is 11.5 Å². The maximum atomic E-state index is 12.5. The minimum absolute atomic E-state index is 0.311. The Morgan fingerprint density at radius 3 is 2.52 bits per heavy atom. The van der Waals surface area contributed by atoms with Crippen LogP contribution in [0.15, 0.2) is 40.1 Å². The molecule has 112 valence electrons. The number of hydrogen-bond donors (Lipinski definition) is 1. The number of aromatic nitrogens is 1. The maximum absolute atomic E-state index is 12.5. The highest BCUT2D eigenvalue weighted by Crippen LogP contribution is 2.26. The van der Waals surface area contributed by atoms with Gasteiger partial charge < -0.3 is 10.6 Å². The summed E-state index contributed by atoms with van der Waals surface area (Å²) >= 11 is 1.17. The smallest absolute Gasteiger partial charge is 0.252 e. The average Bonchev–Trinajstić information content (AvgIpc) is 2.96. The van der Waals surface area contributed by atoms with Crippen molar-refractivity contribution in [1.29, 1.82) is 0 Å². The van der Waals surface area contributed by atoms with E-state index in [-0.39, 0.29) is 0 Å². The summed E-state index contributed by atoms with van der Waals surface area (Å²) in [5.41, 5.74) is 6.11. The summed E-state index contributed by atoms with van der Waals surface area (Å²) in [6.45, 7) is 2.18. The van der Waals surface area contributed by atoms with E-state index in [2.05, 4.69) is 9.88 Å². The third kappa shape index (κ3) is 2.87. The van der Waals surface area contributed by atoms with Gasteiger partial charge in [0.15, 0.2) is 0 Å². The summed E-state index contributed by atoms with van der Waals surface area (Å²) in [6.07, 6.45) is 1.74. The van der Waals surface area contributed by atoms with Crippen LogP contribution in [0.5, 0.6) is 0 Å². The standard InChI is InChI=1S/C13H16N4O2S2/c14-11-9-13(20-10-11)21(18,19)17-7-5-16(6-8-17)12-3-1-2-4-15-12/h1-4,9-10H,5-8,14H2. The summed E-state index contributed by atoms with van der Waals surface area (Å²) in [7, 11) is -3.42. The number of thiophene rings is 1. The first kappa shape index (κ1) is 14.3. The molecule has 21 heavy (non-hydrogen) atoms. The molecule has 1 saturated heterocycles. The van der Waals surface area contributed by atoms with Crippen molar-refractivity contribution in [2.24, 2.45) is 0 Å². The van der Waals surface area contributed by atoms with E-state index >= 15 is 0 Å². The van der Waals surface area contributed by atoms with E-state index in [1.807, 2.05) is 18.2 Å². The number of nitrogen functional groups attached to an aromatic ring is 1. The van der Waals surface area contributed by atoms with Crippen molar-refractivity contribution in [2.45, 2.75) is 4.21 Å². The van der Waals surface area contributed by atoms with Crippen molar-refractivity contribution in [1.82, 2.24) is 9.29 Å². The van der Waals surface area contributed by atoms with E-state index in [1.165, 1.54) is 21.7 Å². The molecule has 6 nitrogen and oxygen atoms in total. The molecule has 2 N–H and O–H groups in total. The summed E-state index contributed by atoms with van der Waals surface area (Å²) in [4.78, 5) is 6.39. The number of nitrogens with zero attached hydrogens (tertiary/aromatic N) is 3. The first-order chi connectivity index (χ1) is 10.1. The second kappa shape index (κ2) is 5.63. The van der Waals surface area contributed by atoms with E-state index < -0.39 is 10.0 Å². The first-order valence-electron chi connectivity index (χ1n) is 6.57. The molecule has 2 aromatic heterocycles. The van der Waals surface area contributed by atoms with Crippen molar-refractivity contribution >= 4 is 32.9 Å². The van der Waals surface area contributed by atoms with Crippen LogP contribution in [0.1, 0.15) is 0 Å². The number of pyridine rings is 1. The molecule has 8 heteroatoms. The van der Waals surface area contributed by atoms with Gasteiger partial charge in [0, 0.05) is 43.4 Å². The minimum Gasteiger partial charge on any atom is -0.398 e. The summed E-state index contributed by atoms with van der Waals surface area (Å²) in [5, 5.41) is 1.65. The molecular weight excluding hydrogens is 308 g/mol. The number of piperazine rings is 1. The van der Waals surface area contributed by atoms with Crippen LogP contribution in [0.25, 0.3) is 0 Å². The van der Waals surface area contributed by atoms with Gasteiger partial charge in [-0.05, 0) is 18.2 Å². The van der Waals surface area contributed by atoms with E-state index in [4.69, 9.17) is 5.73 Å². The Kier molecular flexibility index (Phi) is 3.83. The predicted octanol–water partition coefficient (Wildman–Crippen LogP) is 1.24. The van der Waals surface area contributed by atoms with Gasteiger partial charge in [-0.15, -0.1) is 11.3 Å². The lowest BCUT2D eigenvalue weighted by Crippen LogP contribution is -2.48. The molecule has 1 aliphatic rings. The summed E-state index contributed by atoms with van der Waals surface area (Å²) < 4.78 is 26.8. The fourth-order valence-electron chi connectivity index (χ4n) is 2.29. The highest BCUT2D eigenvalue weighted by Gasteiger charge is 2.29. The topological polar surface area (TPSA) is 79.5 Å². The second-order valence-electron chi connectivity index (χ2n) is 4.78. The van der Waals surface area contributed by atoms with Crippen molar-refractivity contribution < 1.29 is 8.42 Å². The lowest BCUT2D eigenvalue weighted by Gasteiger charge is -2.34. The number of nitrogens with two attached hydrogens (primary N) is 1. The molecule has 0 radical (unpaired) electrons. The Bertz CT molecular complexity index is 707. The minimum atomic E-state index is -3.42. The summed E-state index contributed by atoms with van der Waals surface area (Å²) in [5.74, 6) is 0.884. The Hall–Kier alpha value is -1.64. The quantitative estimate of drug-likeness (QED) is 0.919. The fourth-order valence-corrected chi connectivity index (χ4v) is 4.95. The zero-order chi connectivity index (χ0) is 14.9. The van der Waals surface area contributed by atoms with Gasteiger partial charge in [0.25, 0.3) is 10.0 Å². The molecule has 3 rings (SSSR count). The third-order valence-electron chi connectivity index (χ3n) is 3.40. The molecule has 0 bridgehead atoms. The van der Waals surface area contributed by atoms with Gasteiger partial charge >= 0.3 is 0 Å². The average molecular weight is 324 g/mol. The predicted molar refractivity (Wildman–Crippen MR) is 83.9 cm³/mol. The molecule has 0 saturated carbocycles. The van der Waals surface area contributed by atoms with E-state index in [9.17, 15) is 8.42 Å². The lowest BCUT2D eigenvalue weighted by atomic mass is 10.3. The van der Waals surface area contributed by atoms with Gasteiger partial charge in [-0.25, -0.2) is 13.4 Å². The van der Waals surface area contributed by atoms with Crippen LogP contribution < -0.4 is 10.6 Å². The van der Waals surface area contributed by atoms with Crippen molar-refractivity contribution in [3.05, 3.63) is 35.8 Å². The summed E-state index contributed by atoms with van der Waals surface area (Å²) in [6, 6.07) is 7.25. The van der Waals surface area contributed by atoms with Crippen LogP contribution >= 0.6 is 11.3 Å². The second-order valence-corrected chi connectivity index (χ2v) is 7.85. The Labute approximate surface area is 127 Å². The van der Waals surface area contributed by atoms with Gasteiger partial charge in [0.1, 0.15) is 10.0 Å². The van der Waals surface area contributed by atoms with Crippen molar-refractivity contribution in [3.8, 4) is 0 Å². The highest BCUT2D eigenvalue weighted by atomic mass is 32.2. The molecular formula is C13H16N4O2S2. The molecule has 0 spiro atoms. The Morgan fingerprint density at radius 1 is 1.19 bits per heavy atom. The molecule has 0 unspecified atom stereocenters. The molecule has 1 fully saturated rings. The van der Waals surface area contributed by atoms with E-state index in [0.29, 0.717) is 36.1 Å². The van der Waals surface area contributed by atoms with Gasteiger partial charge in [-0.1, -0.05) is 6.07 Å². The first-order valence-corrected chi connectivity index (χ1v) is 8.89. The van der Waals surface area contributed by atoms with Gasteiger partial charge in [-0.2, -0.15) is 4.31 Å². The van der Waals surface area contributed by atoms with Crippen molar-refractivity contribution in [3.63, 3.8) is 0 Å². The molecule has 2 aromatic rings. The normalized spacial score (nSPS) is 17.0. The lowest BCUT2D eigenvalue weighted by molar-refractivity contribution is 0.385. The monoisotopic (exact) mass is 324 g/mol. The van der Waals surface area contributed by atoms with Crippen LogP contribution in [0, 0.1) is 0 Å². The zero-order valence-electron chi connectivity index (χ0n) is 11.3. The Balaban J connectivity index is 1.71. The van der Waals surface area contributed by atoms with Crippen LogP contribution in [0.2, 0.25) is 0 Å². The maximum Gasteiger partial charge on any atom is 0.252 e. The number of anilines is 2. The molecule has 0 aliphatic carbocycles. The van der Waals surface area contributed by atoms with Gasteiger partial charge in [0.05, 0.1) is 0 Å². The number of hydrogen-bond acceptors (Lipinski definition) is 6. The number of sulfonamides is 1. The fraction of sp³-hybridized carbons (Fsp3) is 0.308. The SMILES string of the molecule is Nc1csc(S(=O)(=O)N2CCN(c3ccccn3)CC2)c1. The van der Waals surface area contributed by atoms with Crippen LogP contribution in [-0.4, -0.2) is 43.9 Å². The van der Waals surface area contributed by atoms with Gasteiger partial charge in [-0.3, -0.25) is 0 Å². The van der Waals surface area contributed by atoms with E-state index in [1.54, 1.807) is 11.6 Å². The molecule has 3 heterocycles. The molecule has 0 amide bonds. The third-order valence-corrected chi connectivity index (χ3v) is 6.73. The molecule has 0 aromatic carbocycles. The van der Waals surface area contributed by atoms with Gasteiger partial charge in [0.2, 0.25) is 0 Å². The van der Waals surface area contributed by atoms with Crippen molar-refractivity contribution in [2.75, 3.05) is 36.8 Å². The highest BCUT2D eigenvalue weighted by molar-refractivity contribution is 7.91.